The molecule has 2 aromatic rings. The highest BCUT2D eigenvalue weighted by molar-refractivity contribution is 9.10. The van der Waals surface area contributed by atoms with Gasteiger partial charge in [-0.3, -0.25) is 0 Å². The van der Waals surface area contributed by atoms with Crippen LogP contribution in [0.2, 0.25) is 0 Å². The Labute approximate surface area is 162 Å². The van der Waals surface area contributed by atoms with Gasteiger partial charge in [0.25, 0.3) is 10.0 Å². The van der Waals surface area contributed by atoms with E-state index in [0.29, 0.717) is 0 Å². The third-order valence-electron chi connectivity index (χ3n) is 4.54. The Morgan fingerprint density at radius 2 is 1.77 bits per heavy atom. The maximum atomic E-state index is 12.2. The lowest BCUT2D eigenvalue weighted by Gasteiger charge is -2.23. The summed E-state index contributed by atoms with van der Waals surface area (Å²) in [6.07, 6.45) is 3.32. The molecule has 0 amide bonds. The molecule has 0 radical (unpaired) electrons. The van der Waals surface area contributed by atoms with E-state index in [1.807, 2.05) is 25.3 Å². The molecule has 5 nitrogen and oxygen atoms in total. The van der Waals surface area contributed by atoms with Gasteiger partial charge in [-0.05, 0) is 42.0 Å². The van der Waals surface area contributed by atoms with Gasteiger partial charge in [-0.15, -0.1) is 0 Å². The molecule has 3 rings (SSSR count). The number of benzene rings is 2. The van der Waals surface area contributed by atoms with Crippen LogP contribution in [0.3, 0.4) is 0 Å². The van der Waals surface area contributed by atoms with Gasteiger partial charge < -0.3 is 4.90 Å². The maximum absolute atomic E-state index is 12.2. The topological polar surface area (TPSA) is 61.8 Å². The Kier molecular flexibility index (Phi) is 4.94. The van der Waals surface area contributed by atoms with Gasteiger partial charge in [0.05, 0.1) is 4.90 Å². The summed E-state index contributed by atoms with van der Waals surface area (Å²) >= 11 is 3.29. The second-order valence-corrected chi connectivity index (χ2v) is 9.16. The number of hydrogen-bond acceptors (Lipinski definition) is 4. The summed E-state index contributed by atoms with van der Waals surface area (Å²) in [5.41, 5.74) is 3.25. The predicted octanol–water partition coefficient (Wildman–Crippen LogP) is 4.02. The van der Waals surface area contributed by atoms with E-state index in [4.69, 9.17) is 0 Å². The fraction of sp³-hybridized carbons (Fsp3) is 0.211. The van der Waals surface area contributed by atoms with Crippen LogP contribution in [0.15, 0.2) is 74.8 Å². The number of rotatable bonds is 4. The van der Waals surface area contributed by atoms with Gasteiger partial charge in [0, 0.05) is 34.5 Å². The van der Waals surface area contributed by atoms with E-state index in [1.165, 1.54) is 23.9 Å². The Morgan fingerprint density at radius 1 is 1.12 bits per heavy atom. The zero-order valence-corrected chi connectivity index (χ0v) is 17.2. The summed E-state index contributed by atoms with van der Waals surface area (Å²) in [5, 5.41) is 3.89. The van der Waals surface area contributed by atoms with E-state index in [0.717, 1.165) is 15.9 Å². The highest BCUT2D eigenvalue weighted by Crippen LogP contribution is 2.46. The van der Waals surface area contributed by atoms with Crippen molar-refractivity contribution in [2.24, 2.45) is 5.10 Å². The minimum absolute atomic E-state index is 0.163. The highest BCUT2D eigenvalue weighted by Gasteiger charge is 2.37. The summed E-state index contributed by atoms with van der Waals surface area (Å²) in [6, 6.07) is 14.6. The molecule has 2 aromatic carbocycles. The molecule has 136 valence electrons. The van der Waals surface area contributed by atoms with Gasteiger partial charge in [-0.2, -0.15) is 13.5 Å². The third-order valence-corrected chi connectivity index (χ3v) is 6.31. The summed E-state index contributed by atoms with van der Waals surface area (Å²) in [5.74, 6) is 0. The smallest absolute Gasteiger partial charge is 0.276 e. The van der Waals surface area contributed by atoms with Crippen LogP contribution in [-0.4, -0.2) is 21.7 Å². The molecular formula is C19H20BrN3O2S. The minimum atomic E-state index is -3.68. The lowest BCUT2D eigenvalue weighted by molar-refractivity contribution is 0.584. The zero-order valence-electron chi connectivity index (χ0n) is 14.8. The number of hydrogen-bond donors (Lipinski definition) is 1. The molecule has 1 N–H and O–H groups in total. The molecule has 0 saturated heterocycles. The molecule has 0 aliphatic carbocycles. The van der Waals surface area contributed by atoms with E-state index >= 15 is 0 Å². The summed E-state index contributed by atoms with van der Waals surface area (Å²) in [4.78, 5) is 4.51. The molecular weight excluding hydrogens is 414 g/mol. The van der Waals surface area contributed by atoms with E-state index in [2.05, 4.69) is 56.7 Å². The first-order valence-electron chi connectivity index (χ1n) is 8.08. The minimum Gasteiger partial charge on any atom is -0.347 e. The van der Waals surface area contributed by atoms with Crippen molar-refractivity contribution in [2.45, 2.75) is 24.2 Å². The fourth-order valence-electron chi connectivity index (χ4n) is 3.18. The van der Waals surface area contributed by atoms with Gasteiger partial charge in [-0.25, -0.2) is 4.83 Å². The van der Waals surface area contributed by atoms with Crippen LogP contribution in [0.5, 0.6) is 0 Å². The summed E-state index contributed by atoms with van der Waals surface area (Å²) in [6.45, 7) is 4.28. The Balaban J connectivity index is 1.79. The summed E-state index contributed by atoms with van der Waals surface area (Å²) < 4.78 is 25.3. The average Bonchev–Trinajstić information content (AvgIpc) is 2.79. The lowest BCUT2D eigenvalue weighted by Crippen LogP contribution is -2.23. The molecule has 26 heavy (non-hydrogen) atoms. The molecule has 0 bridgehead atoms. The third kappa shape index (κ3) is 3.41. The van der Waals surface area contributed by atoms with Crippen molar-refractivity contribution in [1.29, 1.82) is 0 Å². The van der Waals surface area contributed by atoms with Gasteiger partial charge in [0.2, 0.25) is 0 Å². The van der Waals surface area contributed by atoms with Crippen LogP contribution in [0, 0.1) is 0 Å². The van der Waals surface area contributed by atoms with Gasteiger partial charge in [0.1, 0.15) is 0 Å². The molecule has 7 heteroatoms. The second kappa shape index (κ2) is 6.89. The Bertz CT molecular complexity index is 980. The molecule has 1 aliphatic rings. The Morgan fingerprint density at radius 3 is 2.42 bits per heavy atom. The molecule has 0 saturated carbocycles. The van der Waals surface area contributed by atoms with E-state index in [-0.39, 0.29) is 10.3 Å². The largest absolute Gasteiger partial charge is 0.347 e. The maximum Gasteiger partial charge on any atom is 0.276 e. The van der Waals surface area contributed by atoms with Gasteiger partial charge in [0.15, 0.2) is 0 Å². The molecule has 1 heterocycles. The van der Waals surface area contributed by atoms with Crippen LogP contribution >= 0.6 is 15.9 Å². The number of likely N-dealkylation sites (N-methyl/N-ethyl adjacent to an activating group) is 1. The zero-order chi connectivity index (χ0) is 18.9. The first-order chi connectivity index (χ1) is 12.2. The first kappa shape index (κ1) is 18.7. The van der Waals surface area contributed by atoms with Crippen LogP contribution < -0.4 is 9.73 Å². The number of sulfonamides is 1. The molecule has 0 aromatic heterocycles. The van der Waals surface area contributed by atoms with Crippen molar-refractivity contribution in [2.75, 3.05) is 11.9 Å². The molecule has 0 fully saturated rings. The van der Waals surface area contributed by atoms with E-state index in [1.54, 1.807) is 12.1 Å². The van der Waals surface area contributed by atoms with Crippen molar-refractivity contribution >= 4 is 37.9 Å². The molecule has 0 unspecified atom stereocenters. The van der Waals surface area contributed by atoms with Crippen molar-refractivity contribution in [1.82, 2.24) is 4.83 Å². The number of fused-ring (bicyclic) bond motifs is 1. The van der Waals surface area contributed by atoms with Crippen LogP contribution in [-0.2, 0) is 15.4 Å². The quantitative estimate of drug-likeness (QED) is 0.584. The number of anilines is 1. The first-order valence-corrected chi connectivity index (χ1v) is 10.4. The van der Waals surface area contributed by atoms with Crippen molar-refractivity contribution in [3.05, 3.63) is 70.3 Å². The van der Waals surface area contributed by atoms with Crippen molar-refractivity contribution in [3.63, 3.8) is 0 Å². The van der Waals surface area contributed by atoms with Gasteiger partial charge in [-0.1, -0.05) is 48.0 Å². The summed E-state index contributed by atoms with van der Waals surface area (Å²) in [7, 11) is -1.68. The molecule has 0 spiro atoms. The van der Waals surface area contributed by atoms with Crippen molar-refractivity contribution < 1.29 is 8.42 Å². The number of para-hydroxylation sites is 1. The van der Waals surface area contributed by atoms with Crippen LogP contribution in [0.25, 0.3) is 0 Å². The van der Waals surface area contributed by atoms with Gasteiger partial charge >= 0.3 is 0 Å². The lowest BCUT2D eigenvalue weighted by atomic mass is 9.84. The molecule has 1 aliphatic heterocycles. The standard InChI is InChI=1S/C19H20BrN3O2S/c1-19(2)16-6-4-5-7-17(16)23(3)18(19)12-13-21-22-26(24,25)15-10-8-14(20)9-11-15/h4-13,22H,1-3H3. The van der Waals surface area contributed by atoms with E-state index in [9.17, 15) is 8.42 Å². The normalized spacial score (nSPS) is 17.7. The fourth-order valence-corrected chi connectivity index (χ4v) is 4.24. The van der Waals surface area contributed by atoms with Crippen LogP contribution in [0.4, 0.5) is 5.69 Å². The van der Waals surface area contributed by atoms with Crippen LogP contribution in [0.1, 0.15) is 19.4 Å². The molecule has 0 atom stereocenters. The van der Waals surface area contributed by atoms with E-state index < -0.39 is 10.0 Å². The highest BCUT2D eigenvalue weighted by atomic mass is 79.9. The predicted molar refractivity (Wildman–Crippen MR) is 109 cm³/mol. The number of nitrogens with one attached hydrogen (secondary N) is 1. The number of nitrogens with zero attached hydrogens (tertiary/aromatic N) is 2. The monoisotopic (exact) mass is 433 g/mol. The second-order valence-electron chi connectivity index (χ2n) is 6.58. The number of allylic oxidation sites excluding steroid dienone is 2. The SMILES string of the molecule is CN1C(=CC=NNS(=O)(=O)c2ccc(Br)cc2)C(C)(C)c2ccccc21. The number of hydrazone groups is 1. The Hall–Kier alpha value is -2.12. The van der Waals surface area contributed by atoms with Crippen molar-refractivity contribution in [3.8, 4) is 0 Å². The average molecular weight is 434 g/mol. The number of halogens is 1.